The topological polar surface area (TPSA) is 73.7 Å². The maximum Gasteiger partial charge on any atom is 0.317 e. The quantitative estimate of drug-likeness (QED) is 0.729. The molecule has 0 aliphatic carbocycles. The molecule has 1 aromatic carbocycles. The minimum atomic E-state index is -0.794. The van der Waals surface area contributed by atoms with Gasteiger partial charge in [0.05, 0.1) is 22.5 Å². The van der Waals surface area contributed by atoms with Gasteiger partial charge in [-0.3, -0.25) is 14.5 Å². The smallest absolute Gasteiger partial charge is 0.317 e. The fourth-order valence-electron chi connectivity index (χ4n) is 3.28. The zero-order valence-electron chi connectivity index (χ0n) is 14.8. The number of likely N-dealkylation sites (N-methyl/N-ethyl adjacent to an activating group) is 1. The van der Waals surface area contributed by atoms with Crippen molar-refractivity contribution in [2.45, 2.75) is 30.1 Å². The average molecular weight is 394 g/mol. The Kier molecular flexibility index (Phi) is 6.50. The molecule has 2 aromatic rings. The summed E-state index contributed by atoms with van der Waals surface area (Å²) in [6.45, 7) is 4.16. The molecule has 1 aliphatic heterocycles. The number of carbonyl (C=O) groups excluding carboxylic acids is 1. The molecule has 8 heteroatoms. The number of amides is 1. The molecule has 140 valence electrons. The molecule has 0 radical (unpaired) electrons. The standard InChI is InChI=1S/C18H23N3O3S2/c1-2-20(11-17(23)24)13-7-9-21(10-8-13)16(22)12-25-18-19-14-5-3-4-6-15(14)26-18/h3-6,13H,2,7-12H2,1H3,(H,23,24). The maximum absolute atomic E-state index is 12.5. The van der Waals surface area contributed by atoms with E-state index in [2.05, 4.69) is 4.98 Å². The first-order valence-corrected chi connectivity index (χ1v) is 10.6. The molecule has 0 unspecified atom stereocenters. The number of carbonyl (C=O) groups is 2. The number of carboxylic acids is 1. The van der Waals surface area contributed by atoms with Crippen LogP contribution in [0.2, 0.25) is 0 Å². The van der Waals surface area contributed by atoms with E-state index in [-0.39, 0.29) is 18.5 Å². The number of fused-ring (bicyclic) bond motifs is 1. The minimum absolute atomic E-state index is 0.0720. The molecule has 2 heterocycles. The lowest BCUT2D eigenvalue weighted by molar-refractivity contribution is -0.140. The molecule has 0 bridgehead atoms. The fourth-order valence-corrected chi connectivity index (χ4v) is 5.25. The number of aromatic nitrogens is 1. The number of hydrogen-bond donors (Lipinski definition) is 1. The number of nitrogens with zero attached hydrogens (tertiary/aromatic N) is 3. The van der Waals surface area contributed by atoms with Crippen molar-refractivity contribution < 1.29 is 14.7 Å². The molecule has 1 N–H and O–H groups in total. The Hall–Kier alpha value is -1.64. The van der Waals surface area contributed by atoms with E-state index in [0.29, 0.717) is 18.8 Å². The van der Waals surface area contributed by atoms with Crippen LogP contribution in [0.3, 0.4) is 0 Å². The first-order valence-electron chi connectivity index (χ1n) is 8.78. The normalized spacial score (nSPS) is 15.7. The van der Waals surface area contributed by atoms with Gasteiger partial charge in [0.15, 0.2) is 4.34 Å². The largest absolute Gasteiger partial charge is 0.480 e. The summed E-state index contributed by atoms with van der Waals surface area (Å²) in [6.07, 6.45) is 1.66. The molecule has 0 atom stereocenters. The lowest BCUT2D eigenvalue weighted by atomic mass is 10.0. The maximum atomic E-state index is 12.5. The van der Waals surface area contributed by atoms with Crippen LogP contribution < -0.4 is 0 Å². The van der Waals surface area contributed by atoms with Crippen molar-refractivity contribution in [1.29, 1.82) is 0 Å². The van der Waals surface area contributed by atoms with E-state index in [1.54, 1.807) is 11.3 Å². The predicted molar refractivity (Wildman–Crippen MR) is 105 cm³/mol. The van der Waals surface area contributed by atoms with Crippen LogP contribution in [-0.4, -0.2) is 69.7 Å². The first kappa shape index (κ1) is 19.1. The molecular formula is C18H23N3O3S2. The summed E-state index contributed by atoms with van der Waals surface area (Å²) in [7, 11) is 0. The van der Waals surface area contributed by atoms with E-state index in [9.17, 15) is 9.59 Å². The van der Waals surface area contributed by atoms with Crippen LogP contribution in [-0.2, 0) is 9.59 Å². The van der Waals surface area contributed by atoms with E-state index in [4.69, 9.17) is 5.11 Å². The molecule has 6 nitrogen and oxygen atoms in total. The van der Waals surface area contributed by atoms with Crippen LogP contribution >= 0.6 is 23.1 Å². The molecule has 0 saturated carbocycles. The second-order valence-corrected chi connectivity index (χ2v) is 8.56. The molecule has 1 aliphatic rings. The third kappa shape index (κ3) is 4.75. The van der Waals surface area contributed by atoms with Crippen molar-refractivity contribution in [1.82, 2.24) is 14.8 Å². The van der Waals surface area contributed by atoms with Crippen molar-refractivity contribution >= 4 is 45.2 Å². The van der Waals surface area contributed by atoms with Crippen molar-refractivity contribution in [3.05, 3.63) is 24.3 Å². The number of carboxylic acid groups (broad SMARTS) is 1. The molecule has 1 amide bonds. The Labute approximate surface area is 161 Å². The molecule has 1 saturated heterocycles. The van der Waals surface area contributed by atoms with Gasteiger partial charge in [-0.2, -0.15) is 0 Å². The SMILES string of the molecule is CCN(CC(=O)O)C1CCN(C(=O)CSc2nc3ccccc3s2)CC1. The van der Waals surface area contributed by atoms with E-state index >= 15 is 0 Å². The van der Waals surface area contributed by atoms with Gasteiger partial charge in [-0.15, -0.1) is 11.3 Å². The molecule has 3 rings (SSSR count). The number of rotatable bonds is 7. The summed E-state index contributed by atoms with van der Waals surface area (Å²) in [6, 6.07) is 8.24. The van der Waals surface area contributed by atoms with Crippen LogP contribution in [0.15, 0.2) is 28.6 Å². The predicted octanol–water partition coefficient (Wildman–Crippen LogP) is 2.79. The van der Waals surface area contributed by atoms with Crippen LogP contribution in [0.4, 0.5) is 0 Å². The van der Waals surface area contributed by atoms with Gasteiger partial charge in [0, 0.05) is 19.1 Å². The molecule has 1 aromatic heterocycles. The second-order valence-electron chi connectivity index (χ2n) is 6.30. The number of thiazole rings is 1. The Bertz CT molecular complexity index is 739. The van der Waals surface area contributed by atoms with Crippen molar-refractivity contribution in [2.75, 3.05) is 31.9 Å². The number of thioether (sulfide) groups is 1. The van der Waals surface area contributed by atoms with Crippen LogP contribution in [0.5, 0.6) is 0 Å². The highest BCUT2D eigenvalue weighted by Gasteiger charge is 2.27. The van der Waals surface area contributed by atoms with E-state index in [1.165, 1.54) is 11.8 Å². The van der Waals surface area contributed by atoms with Gasteiger partial charge in [0.2, 0.25) is 5.91 Å². The minimum Gasteiger partial charge on any atom is -0.480 e. The number of likely N-dealkylation sites (tertiary alicyclic amines) is 1. The number of aliphatic carboxylic acids is 1. The molecule has 26 heavy (non-hydrogen) atoms. The summed E-state index contributed by atoms with van der Waals surface area (Å²) in [5.74, 6) is -0.261. The van der Waals surface area contributed by atoms with Gasteiger partial charge in [-0.1, -0.05) is 30.8 Å². The Balaban J connectivity index is 1.48. The van der Waals surface area contributed by atoms with Crippen LogP contribution in [0, 0.1) is 0 Å². The molecular weight excluding hydrogens is 370 g/mol. The highest BCUT2D eigenvalue weighted by atomic mass is 32.2. The lowest BCUT2D eigenvalue weighted by Crippen LogP contribution is -2.48. The first-order chi connectivity index (χ1) is 12.6. The van der Waals surface area contributed by atoms with E-state index in [1.807, 2.05) is 41.0 Å². The Morgan fingerprint density at radius 3 is 2.73 bits per heavy atom. The van der Waals surface area contributed by atoms with E-state index in [0.717, 1.165) is 33.9 Å². The van der Waals surface area contributed by atoms with E-state index < -0.39 is 5.97 Å². The summed E-state index contributed by atoms with van der Waals surface area (Å²) < 4.78 is 2.06. The monoisotopic (exact) mass is 393 g/mol. The lowest BCUT2D eigenvalue weighted by Gasteiger charge is -2.37. The van der Waals surface area contributed by atoms with Crippen molar-refractivity contribution in [3.63, 3.8) is 0 Å². The van der Waals surface area contributed by atoms with Crippen LogP contribution in [0.25, 0.3) is 10.2 Å². The van der Waals surface area contributed by atoms with Gasteiger partial charge < -0.3 is 10.0 Å². The van der Waals surface area contributed by atoms with Gasteiger partial charge >= 0.3 is 5.97 Å². The van der Waals surface area contributed by atoms with Crippen molar-refractivity contribution in [3.8, 4) is 0 Å². The highest BCUT2D eigenvalue weighted by Crippen LogP contribution is 2.29. The zero-order valence-corrected chi connectivity index (χ0v) is 16.4. The van der Waals surface area contributed by atoms with Crippen molar-refractivity contribution in [2.24, 2.45) is 0 Å². The molecule has 1 fully saturated rings. The van der Waals surface area contributed by atoms with Gasteiger partial charge in [0.25, 0.3) is 0 Å². The Morgan fingerprint density at radius 2 is 2.08 bits per heavy atom. The number of hydrogen-bond acceptors (Lipinski definition) is 6. The summed E-state index contributed by atoms with van der Waals surface area (Å²) >= 11 is 3.11. The number of piperidine rings is 1. The number of benzene rings is 1. The molecule has 0 spiro atoms. The zero-order chi connectivity index (χ0) is 18.5. The third-order valence-electron chi connectivity index (χ3n) is 4.67. The summed E-state index contributed by atoms with van der Waals surface area (Å²) in [4.78, 5) is 31.9. The summed E-state index contributed by atoms with van der Waals surface area (Å²) in [5, 5.41) is 9.00. The van der Waals surface area contributed by atoms with Gasteiger partial charge in [0.1, 0.15) is 0 Å². The third-order valence-corrected chi connectivity index (χ3v) is 6.84. The average Bonchev–Trinajstić information content (AvgIpc) is 3.07. The highest BCUT2D eigenvalue weighted by molar-refractivity contribution is 8.01. The van der Waals surface area contributed by atoms with Gasteiger partial charge in [-0.05, 0) is 31.5 Å². The fraction of sp³-hybridized carbons (Fsp3) is 0.500. The second kappa shape index (κ2) is 8.83. The van der Waals surface area contributed by atoms with Crippen LogP contribution in [0.1, 0.15) is 19.8 Å². The Morgan fingerprint density at radius 1 is 1.35 bits per heavy atom. The summed E-state index contributed by atoms with van der Waals surface area (Å²) in [5.41, 5.74) is 0.978. The number of para-hydroxylation sites is 1. The van der Waals surface area contributed by atoms with Gasteiger partial charge in [-0.25, -0.2) is 4.98 Å².